The first-order valence-corrected chi connectivity index (χ1v) is 15.4. The summed E-state index contributed by atoms with van der Waals surface area (Å²) in [5.74, 6) is -3.72. The van der Waals surface area contributed by atoms with Crippen molar-refractivity contribution in [3.63, 3.8) is 0 Å². The van der Waals surface area contributed by atoms with Crippen LogP contribution in [0.15, 0.2) is 12.7 Å². The summed E-state index contributed by atoms with van der Waals surface area (Å²) in [6, 6.07) is -3.61. The van der Waals surface area contributed by atoms with Crippen molar-refractivity contribution in [2.75, 3.05) is 27.2 Å². The molecule has 8 atom stereocenters. The van der Waals surface area contributed by atoms with E-state index in [2.05, 4.69) is 17.2 Å². The number of hydrogen-bond acceptors (Lipinski definition) is 7. The molecule has 12 nitrogen and oxygen atoms in total. The fraction of sp³-hybridized carbons (Fsp3) is 0.742. The van der Waals surface area contributed by atoms with E-state index in [1.807, 2.05) is 34.6 Å². The summed E-state index contributed by atoms with van der Waals surface area (Å²) in [5.41, 5.74) is 0. The number of ether oxygens (including phenoxy) is 1. The predicted molar refractivity (Wildman–Crippen MR) is 161 cm³/mol. The van der Waals surface area contributed by atoms with Crippen LogP contribution in [0.4, 0.5) is 0 Å². The average molecular weight is 606 g/mol. The van der Waals surface area contributed by atoms with E-state index in [-0.39, 0.29) is 43.7 Å². The molecule has 0 aromatic rings. The van der Waals surface area contributed by atoms with Crippen LogP contribution in [0.25, 0.3) is 0 Å². The topological polar surface area (TPSA) is 145 Å². The van der Waals surface area contributed by atoms with Crippen LogP contribution in [0.2, 0.25) is 0 Å². The number of carbonyl (C=O) groups is 6. The van der Waals surface area contributed by atoms with Gasteiger partial charge in [-0.1, -0.05) is 53.5 Å². The second-order valence-electron chi connectivity index (χ2n) is 12.1. The number of nitrogens with one attached hydrogen (secondary N) is 2. The number of esters is 1. The van der Waals surface area contributed by atoms with E-state index in [1.165, 1.54) is 27.8 Å². The van der Waals surface area contributed by atoms with Crippen molar-refractivity contribution in [3.8, 4) is 0 Å². The van der Waals surface area contributed by atoms with Crippen LogP contribution in [0, 0.1) is 17.8 Å². The zero-order chi connectivity index (χ0) is 32.6. The van der Waals surface area contributed by atoms with Gasteiger partial charge in [0.05, 0.1) is 6.42 Å². The Labute approximate surface area is 255 Å². The van der Waals surface area contributed by atoms with Crippen LogP contribution in [0.5, 0.6) is 0 Å². The number of hydrogen-bond donors (Lipinski definition) is 2. The minimum Gasteiger partial charge on any atom is -0.452 e. The highest BCUT2D eigenvalue weighted by Crippen LogP contribution is 2.27. The second kappa shape index (κ2) is 15.9. The molecule has 12 heteroatoms. The number of rotatable bonds is 6. The smallest absolute Gasteiger partial charge is 0.308 e. The maximum absolute atomic E-state index is 14.1. The number of likely N-dealkylation sites (N-methyl/N-ethyl adjacent to an activating group) is 2. The van der Waals surface area contributed by atoms with Gasteiger partial charge in [-0.05, 0) is 31.1 Å². The molecule has 2 aliphatic heterocycles. The highest BCUT2D eigenvalue weighted by molar-refractivity contribution is 5.96. The van der Waals surface area contributed by atoms with Crippen molar-refractivity contribution in [3.05, 3.63) is 12.7 Å². The van der Waals surface area contributed by atoms with Gasteiger partial charge in [0.2, 0.25) is 23.6 Å². The number of fused-ring (bicyclic) bond motifs is 1. The van der Waals surface area contributed by atoms with Crippen molar-refractivity contribution in [2.24, 2.45) is 17.8 Å². The van der Waals surface area contributed by atoms with Gasteiger partial charge in [0.25, 0.3) is 5.91 Å². The molecule has 0 spiro atoms. The van der Waals surface area contributed by atoms with E-state index in [9.17, 15) is 28.8 Å². The Balaban J connectivity index is 2.59. The van der Waals surface area contributed by atoms with E-state index in [0.29, 0.717) is 19.3 Å². The number of cyclic esters (lactones) is 1. The summed E-state index contributed by atoms with van der Waals surface area (Å²) < 4.78 is 5.50. The van der Waals surface area contributed by atoms with Gasteiger partial charge in [-0.2, -0.15) is 0 Å². The van der Waals surface area contributed by atoms with Gasteiger partial charge in [-0.25, -0.2) is 0 Å². The number of amides is 5. The molecule has 5 amide bonds. The highest BCUT2D eigenvalue weighted by Gasteiger charge is 2.45. The van der Waals surface area contributed by atoms with Gasteiger partial charge < -0.3 is 30.1 Å². The van der Waals surface area contributed by atoms with E-state index in [4.69, 9.17) is 4.74 Å². The third-order valence-corrected chi connectivity index (χ3v) is 9.10. The summed E-state index contributed by atoms with van der Waals surface area (Å²) in [5, 5.41) is 5.58. The molecule has 2 fully saturated rings. The van der Waals surface area contributed by atoms with Crippen LogP contribution >= 0.6 is 0 Å². The lowest BCUT2D eigenvalue weighted by molar-refractivity contribution is -0.161. The van der Waals surface area contributed by atoms with Gasteiger partial charge in [-0.15, -0.1) is 6.58 Å². The van der Waals surface area contributed by atoms with Crippen LogP contribution in [-0.2, 0) is 33.5 Å². The van der Waals surface area contributed by atoms with Crippen molar-refractivity contribution in [1.82, 2.24) is 25.3 Å². The summed E-state index contributed by atoms with van der Waals surface area (Å²) in [6.07, 6.45) is 1.87. The predicted octanol–water partition coefficient (Wildman–Crippen LogP) is 1.48. The number of carbonyl (C=O) groups excluding carboxylic acids is 6. The third kappa shape index (κ3) is 8.35. The summed E-state index contributed by atoms with van der Waals surface area (Å²) in [4.78, 5) is 85.1. The minimum atomic E-state index is -1.18. The lowest BCUT2D eigenvalue weighted by atomic mass is 9.92. The molecule has 2 saturated heterocycles. The molecule has 2 aliphatic rings. The molecule has 0 radical (unpaired) electrons. The monoisotopic (exact) mass is 605 g/mol. The first-order valence-electron chi connectivity index (χ1n) is 15.4. The summed E-state index contributed by atoms with van der Waals surface area (Å²) in [7, 11) is 3.06. The Morgan fingerprint density at radius 3 is 2.14 bits per heavy atom. The van der Waals surface area contributed by atoms with Crippen LogP contribution in [-0.4, -0.2) is 108 Å². The third-order valence-electron chi connectivity index (χ3n) is 9.10. The molecular weight excluding hydrogens is 554 g/mol. The molecule has 2 heterocycles. The van der Waals surface area contributed by atoms with Crippen molar-refractivity contribution in [2.45, 2.75) is 104 Å². The van der Waals surface area contributed by atoms with Crippen LogP contribution in [0.3, 0.4) is 0 Å². The van der Waals surface area contributed by atoms with E-state index in [0.717, 1.165) is 0 Å². The normalized spacial score (nSPS) is 30.4. The van der Waals surface area contributed by atoms with Crippen molar-refractivity contribution < 1.29 is 33.5 Å². The second-order valence-corrected chi connectivity index (χ2v) is 12.1. The highest BCUT2D eigenvalue weighted by atomic mass is 16.5. The molecule has 43 heavy (non-hydrogen) atoms. The largest absolute Gasteiger partial charge is 0.452 e. The van der Waals surface area contributed by atoms with Gasteiger partial charge in [0.1, 0.15) is 24.2 Å². The quantitative estimate of drug-likeness (QED) is 0.345. The molecular formula is C31H51N5O7. The molecule has 0 aromatic heterocycles. The van der Waals surface area contributed by atoms with E-state index in [1.54, 1.807) is 14.0 Å². The standard InChI is InChI=1S/C31H51N5O7/c1-10-13-22-29(40)36-17-15-20(6)25(36)28(39)33-24(18(4)11-2)30(41)35(9)26(19(5)12-3)31(42)34(8)21(7)27(38)32-16-14-23(37)43-22/h10,18-22,24-26H,1,11-17H2,2-9H3,(H,32,38)(H,33,39)/t18-,19?,20-,21-,22+,24-,25-,26-/m0/s1. The van der Waals surface area contributed by atoms with Gasteiger partial charge in [0.15, 0.2) is 6.10 Å². The van der Waals surface area contributed by atoms with E-state index >= 15 is 0 Å². The fourth-order valence-electron chi connectivity index (χ4n) is 5.65. The zero-order valence-electron chi connectivity index (χ0n) is 27.1. The van der Waals surface area contributed by atoms with Crippen molar-refractivity contribution in [1.29, 1.82) is 0 Å². The Morgan fingerprint density at radius 2 is 1.56 bits per heavy atom. The van der Waals surface area contributed by atoms with E-state index < -0.39 is 65.8 Å². The van der Waals surface area contributed by atoms with Crippen LogP contribution < -0.4 is 10.6 Å². The summed E-state index contributed by atoms with van der Waals surface area (Å²) in [6.45, 7) is 14.9. The molecule has 0 bridgehead atoms. The SMILES string of the molecule is C=CC[C@H]1OC(=O)CCNC(=O)[C@H](C)N(C)C(=O)[C@H](C(C)CC)N(C)C(=O)[C@H]([C@@H](C)CC)NC(=O)[C@@H]2[C@@H](C)CCN2C1=O. The first-order chi connectivity index (χ1) is 20.2. The van der Waals surface area contributed by atoms with Crippen molar-refractivity contribution >= 4 is 35.5 Å². The lowest BCUT2D eigenvalue weighted by Gasteiger charge is -2.39. The van der Waals surface area contributed by atoms with Crippen LogP contribution in [0.1, 0.15) is 73.6 Å². The first kappa shape index (κ1) is 35.8. The summed E-state index contributed by atoms with van der Waals surface area (Å²) >= 11 is 0. The number of nitrogens with zero attached hydrogens (tertiary/aromatic N) is 3. The molecule has 1 unspecified atom stereocenters. The fourth-order valence-corrected chi connectivity index (χ4v) is 5.65. The maximum Gasteiger partial charge on any atom is 0.308 e. The molecule has 0 aromatic carbocycles. The average Bonchev–Trinajstić information content (AvgIpc) is 3.37. The maximum atomic E-state index is 14.1. The molecule has 242 valence electrons. The molecule has 0 saturated carbocycles. The lowest BCUT2D eigenvalue weighted by Crippen LogP contribution is -2.61. The van der Waals surface area contributed by atoms with Gasteiger partial charge >= 0.3 is 5.97 Å². The zero-order valence-corrected chi connectivity index (χ0v) is 27.1. The van der Waals surface area contributed by atoms with Gasteiger partial charge in [0, 0.05) is 33.6 Å². The van der Waals surface area contributed by atoms with Gasteiger partial charge in [-0.3, -0.25) is 28.8 Å². The molecule has 2 N–H and O–H groups in total. The Kier molecular flexibility index (Phi) is 13.2. The minimum absolute atomic E-state index is 0.0515. The molecule has 2 rings (SSSR count). The Hall–Kier alpha value is -3.44. The Morgan fingerprint density at radius 1 is 0.930 bits per heavy atom. The molecule has 0 aliphatic carbocycles. The Bertz CT molecular complexity index is 1070.